The number of carbonyl (C=O) groups excluding carboxylic acids is 1. The van der Waals surface area contributed by atoms with Crippen molar-refractivity contribution in [3.05, 3.63) is 0 Å². The summed E-state index contributed by atoms with van der Waals surface area (Å²) in [6.45, 7) is 0.818. The van der Waals surface area contributed by atoms with Crippen LogP contribution in [0.1, 0.15) is 39.0 Å². The molecule has 9 atom stereocenters. The average Bonchev–Trinajstić information content (AvgIpc) is 3.16. The summed E-state index contributed by atoms with van der Waals surface area (Å²) < 4.78 is 39.0. The Morgan fingerprint density at radius 3 is 2.52 bits per heavy atom. The van der Waals surface area contributed by atoms with Crippen LogP contribution >= 0.6 is 0 Å². The number of alkyl halides is 1. The number of esters is 1. The molecule has 0 saturated heterocycles. The molecule has 4 aliphatic rings. The zero-order valence-corrected chi connectivity index (χ0v) is 12.9. The van der Waals surface area contributed by atoms with Gasteiger partial charge in [0.25, 0.3) is 0 Å². The molecule has 0 amide bonds. The Hall–Kier alpha value is -0.490. The lowest BCUT2D eigenvalue weighted by atomic mass is 9.70. The second-order valence-corrected chi connectivity index (χ2v) is 8.76. The van der Waals surface area contributed by atoms with Crippen LogP contribution in [0.25, 0.3) is 0 Å². The maximum absolute atomic E-state index is 13.9. The van der Waals surface area contributed by atoms with Gasteiger partial charge in [0, 0.05) is 0 Å². The fourth-order valence-electron chi connectivity index (χ4n) is 5.95. The van der Waals surface area contributed by atoms with Crippen LogP contribution in [0.5, 0.6) is 0 Å². The molecule has 0 spiro atoms. The van der Waals surface area contributed by atoms with Crippen molar-refractivity contribution < 1.29 is 22.7 Å². The molecule has 0 aromatic carbocycles. The van der Waals surface area contributed by atoms with Crippen molar-refractivity contribution in [3.63, 3.8) is 0 Å². The maximum Gasteiger partial charge on any atom is 0.359 e. The van der Waals surface area contributed by atoms with Gasteiger partial charge in [-0.25, -0.2) is 13.4 Å². The number of rotatable bonds is 3. The van der Waals surface area contributed by atoms with Gasteiger partial charge in [0.2, 0.25) is 11.1 Å². The number of halogens is 1. The third-order valence-corrected chi connectivity index (χ3v) is 7.45. The Balaban J connectivity index is 1.48. The van der Waals surface area contributed by atoms with E-state index in [2.05, 4.69) is 0 Å². The molecule has 4 fully saturated rings. The predicted octanol–water partition coefficient (Wildman–Crippen LogP) is 2.51. The minimum atomic E-state index is -2.86. The maximum atomic E-state index is 13.9. The van der Waals surface area contributed by atoms with Crippen LogP contribution in [-0.2, 0) is 20.6 Å². The monoisotopic (exact) mass is 316 g/mol. The predicted molar refractivity (Wildman–Crippen MR) is 74.2 cm³/mol. The smallest absolute Gasteiger partial charge is 0.359 e. The molecule has 1 N–H and O–H groups in total. The van der Waals surface area contributed by atoms with E-state index < -0.39 is 22.1 Å². The fraction of sp³-hybridized carbons (Fsp3) is 0.933. The second-order valence-electron chi connectivity index (χ2n) is 7.49. The average molecular weight is 316 g/mol. The topological polar surface area (TPSA) is 63.6 Å². The highest BCUT2D eigenvalue weighted by Gasteiger charge is 2.63. The van der Waals surface area contributed by atoms with Crippen LogP contribution in [0.4, 0.5) is 4.39 Å². The normalized spacial score (nSPS) is 50.7. The molecular formula is C15H21FO4S. The van der Waals surface area contributed by atoms with E-state index in [-0.39, 0.29) is 6.10 Å². The van der Waals surface area contributed by atoms with Crippen molar-refractivity contribution in [1.29, 1.82) is 0 Å². The molecule has 4 rings (SSSR count). The first-order valence-corrected chi connectivity index (χ1v) is 9.01. The summed E-state index contributed by atoms with van der Waals surface area (Å²) in [5.74, 6) is 2.85. The number of hydrogen-bond acceptors (Lipinski definition) is 3. The first-order valence-electron chi connectivity index (χ1n) is 7.90. The summed E-state index contributed by atoms with van der Waals surface area (Å²) in [6, 6.07) is 0. The van der Waals surface area contributed by atoms with Gasteiger partial charge < -0.3 is 9.29 Å². The molecule has 4 aliphatic carbocycles. The fourth-order valence-corrected chi connectivity index (χ4v) is 6.14. The van der Waals surface area contributed by atoms with Crippen LogP contribution in [0.3, 0.4) is 0 Å². The zero-order chi connectivity index (χ0) is 14.9. The highest BCUT2D eigenvalue weighted by molar-refractivity contribution is 7.81. The number of fused-ring (bicyclic) bond motifs is 9. The summed E-state index contributed by atoms with van der Waals surface area (Å²) in [4.78, 5) is 11.8. The lowest BCUT2D eigenvalue weighted by Gasteiger charge is -2.38. The first-order chi connectivity index (χ1) is 9.89. The molecule has 0 radical (unpaired) electrons. The number of hydrogen-bond donors (Lipinski definition) is 1. The minimum Gasteiger partial charge on any atom is -0.459 e. The summed E-state index contributed by atoms with van der Waals surface area (Å²) in [7, 11) is 0. The SMILES string of the molecule is CC(F)(C(=O)OC1CC2CC1C1C3CCC(C3)C21)S(=O)O. The highest BCUT2D eigenvalue weighted by atomic mass is 32.2. The van der Waals surface area contributed by atoms with Crippen molar-refractivity contribution in [2.24, 2.45) is 35.5 Å². The summed E-state index contributed by atoms with van der Waals surface area (Å²) in [5, 5.41) is -2.82. The number of carbonyl (C=O) groups is 1. The molecule has 118 valence electrons. The van der Waals surface area contributed by atoms with Crippen molar-refractivity contribution in [1.82, 2.24) is 0 Å². The molecule has 0 aliphatic heterocycles. The molecule has 9 unspecified atom stereocenters. The highest BCUT2D eigenvalue weighted by Crippen LogP contribution is 2.67. The van der Waals surface area contributed by atoms with E-state index in [0.29, 0.717) is 17.8 Å². The quantitative estimate of drug-likeness (QED) is 0.494. The lowest BCUT2D eigenvalue weighted by molar-refractivity contribution is -0.161. The molecular weight excluding hydrogens is 295 g/mol. The van der Waals surface area contributed by atoms with E-state index in [0.717, 1.165) is 37.5 Å². The minimum absolute atomic E-state index is 0.248. The van der Waals surface area contributed by atoms with Gasteiger partial charge in [-0.3, -0.25) is 0 Å². The van der Waals surface area contributed by atoms with Crippen molar-refractivity contribution >= 4 is 17.0 Å². The molecule has 0 heterocycles. The third-order valence-electron chi connectivity index (χ3n) is 6.62. The van der Waals surface area contributed by atoms with Gasteiger partial charge in [0.15, 0.2) is 0 Å². The Bertz CT molecular complexity index is 508. The van der Waals surface area contributed by atoms with Gasteiger partial charge in [-0.05, 0) is 74.5 Å². The van der Waals surface area contributed by atoms with Gasteiger partial charge in [0.05, 0.1) is 0 Å². The molecule has 4 nitrogen and oxygen atoms in total. The van der Waals surface area contributed by atoms with E-state index in [1.165, 1.54) is 19.3 Å². The van der Waals surface area contributed by atoms with Crippen molar-refractivity contribution in [2.45, 2.75) is 50.1 Å². The summed E-state index contributed by atoms with van der Waals surface area (Å²) >= 11 is -2.86. The lowest BCUT2D eigenvalue weighted by Crippen LogP contribution is -2.43. The Kier molecular flexibility index (Phi) is 3.03. The number of ether oxygens (including phenoxy) is 1. The first kappa shape index (κ1) is 14.1. The van der Waals surface area contributed by atoms with Crippen molar-refractivity contribution in [3.8, 4) is 0 Å². The third kappa shape index (κ3) is 1.87. The summed E-state index contributed by atoms with van der Waals surface area (Å²) in [5.41, 5.74) is 0. The Labute approximate surface area is 126 Å². The standard InChI is InChI=1S/C15H21FO4S/c1-15(16,21(18)19)14(17)20-11-6-9-5-10(11)13-8-3-2-7(4-8)12(9)13/h7-13H,2-6H2,1H3,(H,18,19). The molecule has 6 heteroatoms. The van der Waals surface area contributed by atoms with Crippen LogP contribution < -0.4 is 0 Å². The van der Waals surface area contributed by atoms with Gasteiger partial charge in [0.1, 0.15) is 6.10 Å². The van der Waals surface area contributed by atoms with Crippen LogP contribution in [0.2, 0.25) is 0 Å². The molecule has 21 heavy (non-hydrogen) atoms. The van der Waals surface area contributed by atoms with Gasteiger partial charge >= 0.3 is 11.0 Å². The molecule has 4 saturated carbocycles. The van der Waals surface area contributed by atoms with Gasteiger partial charge in [-0.1, -0.05) is 0 Å². The van der Waals surface area contributed by atoms with Crippen LogP contribution in [-0.4, -0.2) is 25.8 Å². The summed E-state index contributed by atoms with van der Waals surface area (Å²) in [6.07, 6.45) is 5.62. The van der Waals surface area contributed by atoms with Gasteiger partial charge in [-0.15, -0.1) is 0 Å². The van der Waals surface area contributed by atoms with E-state index >= 15 is 0 Å². The van der Waals surface area contributed by atoms with Crippen LogP contribution in [0, 0.1) is 35.5 Å². The molecule has 4 bridgehead atoms. The van der Waals surface area contributed by atoms with E-state index in [4.69, 9.17) is 9.29 Å². The Morgan fingerprint density at radius 1 is 1.19 bits per heavy atom. The Morgan fingerprint density at radius 2 is 1.86 bits per heavy atom. The second kappa shape index (κ2) is 4.51. The van der Waals surface area contributed by atoms with E-state index in [1.807, 2.05) is 0 Å². The largest absolute Gasteiger partial charge is 0.459 e. The molecule has 0 aromatic heterocycles. The molecule has 0 aromatic rings. The van der Waals surface area contributed by atoms with Gasteiger partial charge in [-0.2, -0.15) is 0 Å². The zero-order valence-electron chi connectivity index (χ0n) is 12.0. The van der Waals surface area contributed by atoms with E-state index in [1.54, 1.807) is 0 Å². The van der Waals surface area contributed by atoms with E-state index in [9.17, 15) is 13.4 Å². The van der Waals surface area contributed by atoms with Crippen molar-refractivity contribution in [2.75, 3.05) is 0 Å². The van der Waals surface area contributed by atoms with Crippen LogP contribution in [0.15, 0.2) is 0 Å².